The maximum atomic E-state index is 11.9. The van der Waals surface area contributed by atoms with Gasteiger partial charge in [0.2, 0.25) is 5.91 Å². The number of nitrogens with one attached hydrogen (secondary N) is 1. The van der Waals surface area contributed by atoms with Crippen LogP contribution in [-0.4, -0.2) is 22.5 Å². The highest BCUT2D eigenvalue weighted by molar-refractivity contribution is 5.84. The monoisotopic (exact) mass is 257 g/mol. The molecule has 0 spiro atoms. The van der Waals surface area contributed by atoms with Crippen molar-refractivity contribution < 1.29 is 14.7 Å². The molecule has 1 amide bonds. The maximum absolute atomic E-state index is 11.9. The lowest BCUT2D eigenvalue weighted by Crippen LogP contribution is -2.47. The summed E-state index contributed by atoms with van der Waals surface area (Å²) in [4.78, 5) is 22.9. The van der Waals surface area contributed by atoms with E-state index in [2.05, 4.69) is 26.1 Å². The van der Waals surface area contributed by atoms with Crippen molar-refractivity contribution in [1.82, 2.24) is 5.32 Å². The molecular weight excluding hydrogens is 230 g/mol. The Bertz CT molecular complexity index is 324. The van der Waals surface area contributed by atoms with Gasteiger partial charge in [-0.2, -0.15) is 0 Å². The van der Waals surface area contributed by atoms with Crippen molar-refractivity contribution in [2.75, 3.05) is 0 Å². The Balaban J connectivity index is 4.54. The van der Waals surface area contributed by atoms with Crippen molar-refractivity contribution in [3.05, 3.63) is 0 Å². The minimum atomic E-state index is -1.03. The number of amides is 1. The first-order valence-electron chi connectivity index (χ1n) is 6.30. The third-order valence-electron chi connectivity index (χ3n) is 2.63. The highest BCUT2D eigenvalue weighted by Gasteiger charge is 2.33. The van der Waals surface area contributed by atoms with Gasteiger partial charge >= 0.3 is 5.97 Å². The number of carboxylic acids is 1. The van der Waals surface area contributed by atoms with Crippen LogP contribution in [0, 0.1) is 10.8 Å². The second-order valence-corrected chi connectivity index (χ2v) is 7.54. The zero-order chi connectivity index (χ0) is 14.8. The number of carbonyl (C=O) groups excluding carboxylic acids is 1. The molecule has 106 valence electrons. The van der Waals surface area contributed by atoms with Crippen molar-refractivity contribution >= 4 is 11.9 Å². The van der Waals surface area contributed by atoms with E-state index in [1.165, 1.54) is 0 Å². The van der Waals surface area contributed by atoms with Crippen molar-refractivity contribution in [3.63, 3.8) is 0 Å². The van der Waals surface area contributed by atoms with Crippen LogP contribution in [-0.2, 0) is 9.59 Å². The Hall–Kier alpha value is -1.06. The normalized spacial score (nSPS) is 13.3. The lowest BCUT2D eigenvalue weighted by atomic mass is 9.81. The van der Waals surface area contributed by atoms with Crippen molar-refractivity contribution in [2.45, 2.75) is 66.8 Å². The molecule has 0 aliphatic heterocycles. The number of carbonyl (C=O) groups is 2. The molecule has 0 saturated carbocycles. The zero-order valence-corrected chi connectivity index (χ0v) is 12.7. The van der Waals surface area contributed by atoms with Gasteiger partial charge < -0.3 is 10.4 Å². The van der Waals surface area contributed by atoms with E-state index in [-0.39, 0.29) is 23.3 Å². The van der Waals surface area contributed by atoms with Crippen LogP contribution in [0.4, 0.5) is 0 Å². The third-order valence-corrected chi connectivity index (χ3v) is 2.63. The van der Waals surface area contributed by atoms with Crippen LogP contribution < -0.4 is 5.32 Å². The summed E-state index contributed by atoms with van der Waals surface area (Å²) >= 11 is 0. The van der Waals surface area contributed by atoms with E-state index in [1.807, 2.05) is 13.8 Å². The lowest BCUT2D eigenvalue weighted by molar-refractivity contribution is -0.149. The van der Waals surface area contributed by atoms with E-state index >= 15 is 0 Å². The Morgan fingerprint density at radius 1 is 1.00 bits per heavy atom. The largest absolute Gasteiger partial charge is 0.481 e. The van der Waals surface area contributed by atoms with Gasteiger partial charge in [-0.3, -0.25) is 9.59 Å². The minimum Gasteiger partial charge on any atom is -0.481 e. The van der Waals surface area contributed by atoms with Crippen LogP contribution >= 0.6 is 0 Å². The van der Waals surface area contributed by atoms with Crippen LogP contribution in [0.1, 0.15) is 61.3 Å². The first kappa shape index (κ1) is 16.9. The fraction of sp³-hybridized carbons (Fsp3) is 0.857. The molecule has 0 radical (unpaired) electrons. The highest BCUT2D eigenvalue weighted by atomic mass is 16.4. The molecule has 0 heterocycles. The van der Waals surface area contributed by atoms with Gasteiger partial charge in [-0.05, 0) is 39.5 Å². The predicted molar refractivity (Wildman–Crippen MR) is 72.3 cm³/mol. The molecular formula is C14H27NO3. The SMILES string of the molecule is CC(C)(C)CC(C)(C)NC(=O)CC(C)(C)C(=O)O. The molecule has 0 saturated heterocycles. The number of aliphatic carboxylic acids is 1. The topological polar surface area (TPSA) is 66.4 Å². The smallest absolute Gasteiger partial charge is 0.309 e. The molecule has 0 aromatic rings. The lowest BCUT2D eigenvalue weighted by Gasteiger charge is -2.34. The molecule has 0 unspecified atom stereocenters. The fourth-order valence-electron chi connectivity index (χ4n) is 2.27. The fourth-order valence-corrected chi connectivity index (χ4v) is 2.27. The Labute approximate surface area is 110 Å². The first-order chi connectivity index (χ1) is 7.75. The van der Waals surface area contributed by atoms with E-state index in [0.717, 1.165) is 6.42 Å². The molecule has 2 N–H and O–H groups in total. The van der Waals surface area contributed by atoms with Crippen LogP contribution in [0.15, 0.2) is 0 Å². The predicted octanol–water partition coefficient (Wildman–Crippen LogP) is 2.82. The molecule has 0 atom stereocenters. The average Bonchev–Trinajstić information content (AvgIpc) is 1.94. The summed E-state index contributed by atoms with van der Waals surface area (Å²) in [7, 11) is 0. The van der Waals surface area contributed by atoms with Crippen LogP contribution in [0.3, 0.4) is 0 Å². The molecule has 0 aliphatic rings. The summed E-state index contributed by atoms with van der Waals surface area (Å²) in [6.07, 6.45) is 0.829. The molecule has 0 bridgehead atoms. The number of hydrogen-bond acceptors (Lipinski definition) is 2. The Kier molecular flexibility index (Phi) is 4.98. The van der Waals surface area contributed by atoms with Gasteiger partial charge in [0.25, 0.3) is 0 Å². The van der Waals surface area contributed by atoms with Crippen LogP contribution in [0.25, 0.3) is 0 Å². The molecule has 0 aromatic heterocycles. The quantitative estimate of drug-likeness (QED) is 0.796. The van der Waals surface area contributed by atoms with E-state index in [4.69, 9.17) is 5.11 Å². The Morgan fingerprint density at radius 2 is 1.44 bits per heavy atom. The highest BCUT2D eigenvalue weighted by Crippen LogP contribution is 2.27. The van der Waals surface area contributed by atoms with E-state index in [0.29, 0.717) is 0 Å². The van der Waals surface area contributed by atoms with Gasteiger partial charge in [0.05, 0.1) is 5.41 Å². The second-order valence-electron chi connectivity index (χ2n) is 7.54. The zero-order valence-electron chi connectivity index (χ0n) is 12.7. The molecule has 0 fully saturated rings. The number of carboxylic acid groups (broad SMARTS) is 1. The standard InChI is InChI=1S/C14H27NO3/c1-12(2,3)9-14(6,7)15-10(16)8-13(4,5)11(17)18/h8-9H2,1-7H3,(H,15,16)(H,17,18). The van der Waals surface area contributed by atoms with Crippen LogP contribution in [0.5, 0.6) is 0 Å². The average molecular weight is 257 g/mol. The first-order valence-corrected chi connectivity index (χ1v) is 6.30. The van der Waals surface area contributed by atoms with E-state index < -0.39 is 11.4 Å². The summed E-state index contributed by atoms with van der Waals surface area (Å²) in [5, 5.41) is 11.9. The number of hydrogen-bond donors (Lipinski definition) is 2. The number of rotatable bonds is 5. The molecule has 0 aliphatic carbocycles. The van der Waals surface area contributed by atoms with Gasteiger partial charge in [0.15, 0.2) is 0 Å². The van der Waals surface area contributed by atoms with E-state index in [9.17, 15) is 9.59 Å². The van der Waals surface area contributed by atoms with Gasteiger partial charge in [-0.15, -0.1) is 0 Å². The van der Waals surface area contributed by atoms with Gasteiger partial charge in [-0.25, -0.2) is 0 Å². The van der Waals surface area contributed by atoms with Crippen molar-refractivity contribution in [3.8, 4) is 0 Å². The van der Waals surface area contributed by atoms with Gasteiger partial charge in [0, 0.05) is 12.0 Å². The molecule has 4 nitrogen and oxygen atoms in total. The minimum absolute atomic E-state index is 0.00406. The summed E-state index contributed by atoms with van der Waals surface area (Å²) in [6.45, 7) is 13.4. The second kappa shape index (κ2) is 5.29. The summed E-state index contributed by atoms with van der Waals surface area (Å²) in [5.41, 5.74) is -1.25. The van der Waals surface area contributed by atoms with Crippen LogP contribution in [0.2, 0.25) is 0 Å². The molecule has 0 rings (SSSR count). The van der Waals surface area contributed by atoms with Crippen molar-refractivity contribution in [2.24, 2.45) is 10.8 Å². The van der Waals surface area contributed by atoms with Gasteiger partial charge in [-0.1, -0.05) is 20.8 Å². The summed E-state index contributed by atoms with van der Waals surface area (Å²) in [6, 6.07) is 0. The third kappa shape index (κ3) is 6.62. The van der Waals surface area contributed by atoms with Crippen molar-refractivity contribution in [1.29, 1.82) is 0 Å². The summed E-state index contributed by atoms with van der Waals surface area (Å²) < 4.78 is 0. The summed E-state index contributed by atoms with van der Waals surface area (Å²) in [5.74, 6) is -1.16. The van der Waals surface area contributed by atoms with Gasteiger partial charge in [0.1, 0.15) is 0 Å². The van der Waals surface area contributed by atoms with E-state index in [1.54, 1.807) is 13.8 Å². The molecule has 0 aromatic carbocycles. The maximum Gasteiger partial charge on any atom is 0.309 e. The molecule has 4 heteroatoms. The molecule has 18 heavy (non-hydrogen) atoms. The Morgan fingerprint density at radius 3 is 1.78 bits per heavy atom.